The highest BCUT2D eigenvalue weighted by Gasteiger charge is 2.17. The molecule has 2 heteroatoms. The number of hydrogen-bond donors (Lipinski definition) is 1. The van der Waals surface area contributed by atoms with Crippen LogP contribution in [0, 0.1) is 0 Å². The summed E-state index contributed by atoms with van der Waals surface area (Å²) >= 11 is 0. The minimum absolute atomic E-state index is 0. The van der Waals surface area contributed by atoms with E-state index in [9.17, 15) is 0 Å². The molecule has 2 aromatic heterocycles. The van der Waals surface area contributed by atoms with E-state index in [0.717, 1.165) is 11.2 Å². The number of H-pyrrole nitrogens is 1. The summed E-state index contributed by atoms with van der Waals surface area (Å²) in [4.78, 5) is 3.69. The van der Waals surface area contributed by atoms with Gasteiger partial charge in [-0.2, -0.15) is 0 Å². The Morgan fingerprint density at radius 2 is 1.15 bits per heavy atom. The largest absolute Gasteiger partial charge is 0.354 e. The van der Waals surface area contributed by atoms with Gasteiger partial charge in [0.1, 0.15) is 0 Å². The molecule has 162 valence electrons. The number of para-hydroxylation sites is 3. The first-order chi connectivity index (χ1) is 16.9. The van der Waals surface area contributed by atoms with E-state index in [-0.39, 0.29) is 1.43 Å². The zero-order valence-electron chi connectivity index (χ0n) is 18.6. The van der Waals surface area contributed by atoms with Crippen LogP contribution < -0.4 is 0 Å². The minimum atomic E-state index is 0. The third-order valence-corrected chi connectivity index (χ3v) is 6.74. The van der Waals surface area contributed by atoms with Crippen LogP contribution in [0.25, 0.3) is 60.8 Å². The number of nitrogens with one attached hydrogen (secondary N) is 1. The third-order valence-electron chi connectivity index (χ3n) is 6.74. The van der Waals surface area contributed by atoms with Crippen LogP contribution in [-0.2, 0) is 0 Å². The summed E-state index contributed by atoms with van der Waals surface area (Å²) in [7, 11) is 0. The zero-order chi connectivity index (χ0) is 22.5. The number of benzene rings is 5. The Morgan fingerprint density at radius 3 is 1.97 bits per heavy atom. The molecule has 5 aromatic carbocycles. The van der Waals surface area contributed by atoms with Crippen molar-refractivity contribution in [1.29, 1.82) is 0 Å². The maximum absolute atomic E-state index is 3.69. The lowest BCUT2D eigenvalue weighted by Gasteiger charge is -2.09. The van der Waals surface area contributed by atoms with Crippen molar-refractivity contribution in [2.45, 2.75) is 0 Å². The first-order valence-electron chi connectivity index (χ1n) is 11.6. The number of rotatable bonds is 3. The molecule has 7 aromatic rings. The van der Waals surface area contributed by atoms with Crippen molar-refractivity contribution in [2.24, 2.45) is 0 Å². The van der Waals surface area contributed by atoms with E-state index in [2.05, 4.69) is 137 Å². The molecule has 0 amide bonds. The van der Waals surface area contributed by atoms with Crippen LogP contribution in [0.3, 0.4) is 0 Å². The molecule has 0 saturated carbocycles. The van der Waals surface area contributed by atoms with Gasteiger partial charge in [0.05, 0.1) is 16.7 Å². The van der Waals surface area contributed by atoms with Crippen LogP contribution in [0.1, 0.15) is 1.43 Å². The van der Waals surface area contributed by atoms with Crippen molar-refractivity contribution in [3.05, 3.63) is 127 Å². The van der Waals surface area contributed by atoms with Gasteiger partial charge in [0.25, 0.3) is 0 Å². The van der Waals surface area contributed by atoms with Gasteiger partial charge >= 0.3 is 0 Å². The van der Waals surface area contributed by atoms with E-state index >= 15 is 0 Å². The molecule has 0 bridgehead atoms. The standard InChI is InChI=1S/C32H22N2.H2/c1-3-11-22(12-4-1)32-31(26-16-7-9-17-28(26)33-32)23-19-20-30-27(21-23)25-15-8-10-18-29(25)34(30)24-13-5-2-6-14-24;/h1-21,33H;1H. The molecule has 0 radical (unpaired) electrons. The number of aromatic amines is 1. The van der Waals surface area contributed by atoms with Crippen molar-refractivity contribution in [3.8, 4) is 28.1 Å². The molecule has 0 aliphatic heterocycles. The summed E-state index contributed by atoms with van der Waals surface area (Å²) in [6.07, 6.45) is 0. The minimum Gasteiger partial charge on any atom is -0.354 e. The Kier molecular flexibility index (Phi) is 4.18. The van der Waals surface area contributed by atoms with Gasteiger partial charge in [0, 0.05) is 34.4 Å². The van der Waals surface area contributed by atoms with Crippen LogP contribution in [0.5, 0.6) is 0 Å². The molecule has 0 unspecified atom stereocenters. The highest BCUT2D eigenvalue weighted by atomic mass is 15.0. The maximum Gasteiger partial charge on any atom is 0.0544 e. The monoisotopic (exact) mass is 436 g/mol. The smallest absolute Gasteiger partial charge is 0.0544 e. The summed E-state index contributed by atoms with van der Waals surface area (Å²) in [5.74, 6) is 0. The number of fused-ring (bicyclic) bond motifs is 4. The number of hydrogen-bond acceptors (Lipinski definition) is 0. The van der Waals surface area contributed by atoms with E-state index in [1.54, 1.807) is 0 Å². The second-order valence-electron chi connectivity index (χ2n) is 8.71. The first kappa shape index (κ1) is 19.0. The number of nitrogens with zero attached hydrogens (tertiary/aromatic N) is 1. The molecule has 1 N–H and O–H groups in total. The van der Waals surface area contributed by atoms with Crippen molar-refractivity contribution in [2.75, 3.05) is 0 Å². The Bertz CT molecular complexity index is 1790. The van der Waals surface area contributed by atoms with Gasteiger partial charge in [0.15, 0.2) is 0 Å². The summed E-state index contributed by atoms with van der Waals surface area (Å²) in [6.45, 7) is 0. The molecule has 0 aliphatic carbocycles. The van der Waals surface area contributed by atoms with Crippen LogP contribution >= 0.6 is 0 Å². The molecule has 0 aliphatic rings. The molecular weight excluding hydrogens is 412 g/mol. The Labute approximate surface area is 199 Å². The maximum atomic E-state index is 3.69. The Balaban J connectivity index is 0.00000229. The fourth-order valence-corrected chi connectivity index (χ4v) is 5.25. The lowest BCUT2D eigenvalue weighted by molar-refractivity contribution is 1.18. The van der Waals surface area contributed by atoms with Crippen molar-refractivity contribution >= 4 is 32.7 Å². The van der Waals surface area contributed by atoms with Gasteiger partial charge in [-0.3, -0.25) is 0 Å². The van der Waals surface area contributed by atoms with Gasteiger partial charge < -0.3 is 9.55 Å². The fraction of sp³-hybridized carbons (Fsp3) is 0. The predicted octanol–water partition coefficient (Wildman–Crippen LogP) is 8.85. The first-order valence-corrected chi connectivity index (χ1v) is 11.6. The van der Waals surface area contributed by atoms with E-state index in [1.165, 1.54) is 49.6 Å². The molecule has 0 spiro atoms. The van der Waals surface area contributed by atoms with Crippen molar-refractivity contribution in [3.63, 3.8) is 0 Å². The quantitative estimate of drug-likeness (QED) is 0.286. The number of aromatic nitrogens is 2. The fourth-order valence-electron chi connectivity index (χ4n) is 5.25. The van der Waals surface area contributed by atoms with Gasteiger partial charge in [-0.15, -0.1) is 0 Å². The van der Waals surface area contributed by atoms with E-state index in [0.29, 0.717) is 0 Å². The van der Waals surface area contributed by atoms with Crippen LogP contribution in [0.15, 0.2) is 127 Å². The average molecular weight is 437 g/mol. The zero-order valence-corrected chi connectivity index (χ0v) is 18.6. The molecule has 7 rings (SSSR count). The van der Waals surface area contributed by atoms with Gasteiger partial charge in [0.2, 0.25) is 0 Å². The lowest BCUT2D eigenvalue weighted by atomic mass is 9.97. The molecule has 0 atom stereocenters. The highest BCUT2D eigenvalue weighted by Crippen LogP contribution is 2.41. The summed E-state index contributed by atoms with van der Waals surface area (Å²) in [5.41, 5.74) is 9.61. The van der Waals surface area contributed by atoms with Crippen LogP contribution in [-0.4, -0.2) is 9.55 Å². The second kappa shape index (κ2) is 7.50. The second-order valence-corrected chi connectivity index (χ2v) is 8.71. The molecule has 34 heavy (non-hydrogen) atoms. The molecule has 2 heterocycles. The average Bonchev–Trinajstić information content (AvgIpc) is 3.45. The molecule has 0 fully saturated rings. The van der Waals surface area contributed by atoms with Gasteiger partial charge in [-0.25, -0.2) is 0 Å². The van der Waals surface area contributed by atoms with E-state index < -0.39 is 0 Å². The SMILES string of the molecule is [HH].c1ccc(-c2[nH]c3ccccc3c2-c2ccc3c(c2)c2ccccc2n3-c2ccccc2)cc1. The normalized spacial score (nSPS) is 11.5. The Morgan fingerprint density at radius 1 is 0.500 bits per heavy atom. The van der Waals surface area contributed by atoms with Gasteiger partial charge in [-0.05, 0) is 47.5 Å². The summed E-state index contributed by atoms with van der Waals surface area (Å²) in [6, 6.07) is 45.4. The van der Waals surface area contributed by atoms with Crippen molar-refractivity contribution < 1.29 is 1.43 Å². The van der Waals surface area contributed by atoms with E-state index in [1.807, 2.05) is 0 Å². The lowest BCUT2D eigenvalue weighted by Crippen LogP contribution is -1.92. The van der Waals surface area contributed by atoms with Crippen LogP contribution in [0.2, 0.25) is 0 Å². The highest BCUT2D eigenvalue weighted by molar-refractivity contribution is 6.12. The third kappa shape index (κ3) is 2.82. The van der Waals surface area contributed by atoms with Crippen LogP contribution in [0.4, 0.5) is 0 Å². The Hall–Kier alpha value is -4.56. The summed E-state index contributed by atoms with van der Waals surface area (Å²) < 4.78 is 2.36. The molecule has 0 saturated heterocycles. The summed E-state index contributed by atoms with van der Waals surface area (Å²) in [5, 5.41) is 3.78. The molecule has 2 nitrogen and oxygen atoms in total. The van der Waals surface area contributed by atoms with E-state index in [4.69, 9.17) is 0 Å². The van der Waals surface area contributed by atoms with Crippen molar-refractivity contribution in [1.82, 2.24) is 9.55 Å². The predicted molar refractivity (Wildman–Crippen MR) is 146 cm³/mol. The topological polar surface area (TPSA) is 20.7 Å². The van der Waals surface area contributed by atoms with Gasteiger partial charge in [-0.1, -0.05) is 91.0 Å². The molecular formula is C32H24N2.